The molecule has 1 N–H and O–H groups in total. The molecule has 0 aliphatic rings. The number of benzene rings is 3. The van der Waals surface area contributed by atoms with E-state index in [4.69, 9.17) is 0 Å². The molecule has 0 fully saturated rings. The van der Waals surface area contributed by atoms with E-state index in [-0.39, 0.29) is 10.8 Å². The number of nitrogens with one attached hydrogen (secondary N) is 1. The lowest BCUT2D eigenvalue weighted by atomic mass is 9.52. The van der Waals surface area contributed by atoms with E-state index in [0.717, 1.165) is 31.4 Å². The fraction of sp³-hybridized carbons (Fsp3) is 0.371. The molecule has 0 spiro atoms. The summed E-state index contributed by atoms with van der Waals surface area (Å²) in [4.78, 5) is 0. The molecule has 190 valence electrons. The van der Waals surface area contributed by atoms with Crippen LogP contribution in [0.3, 0.4) is 0 Å². The monoisotopic (exact) mass is 479 g/mol. The van der Waals surface area contributed by atoms with Gasteiger partial charge in [-0.05, 0) is 72.6 Å². The number of anilines is 1. The Morgan fingerprint density at radius 2 is 1.22 bits per heavy atom. The summed E-state index contributed by atoms with van der Waals surface area (Å²) in [5.41, 5.74) is 7.97. The van der Waals surface area contributed by atoms with Crippen LogP contribution in [-0.4, -0.2) is 0 Å². The molecule has 0 bridgehead atoms. The van der Waals surface area contributed by atoms with Crippen LogP contribution < -0.4 is 5.32 Å². The zero-order valence-corrected chi connectivity index (χ0v) is 23.1. The Hall–Kier alpha value is -3.06. The van der Waals surface area contributed by atoms with Crippen LogP contribution >= 0.6 is 0 Å². The number of allylic oxidation sites excluding steroid dienone is 3. The van der Waals surface area contributed by atoms with Crippen molar-refractivity contribution >= 4 is 5.69 Å². The van der Waals surface area contributed by atoms with Crippen LogP contribution in [0.25, 0.3) is 11.1 Å². The number of hydrogen-bond acceptors (Lipinski definition) is 1. The van der Waals surface area contributed by atoms with Crippen LogP contribution in [0.1, 0.15) is 84.3 Å². The molecular weight excluding hydrogens is 434 g/mol. The Morgan fingerprint density at radius 3 is 1.69 bits per heavy atom. The van der Waals surface area contributed by atoms with Crippen molar-refractivity contribution in [2.45, 2.75) is 84.0 Å². The second-order valence-electron chi connectivity index (χ2n) is 9.90. The lowest BCUT2D eigenvalue weighted by Crippen LogP contribution is -2.48. The van der Waals surface area contributed by atoms with Gasteiger partial charge >= 0.3 is 0 Å². The van der Waals surface area contributed by atoms with E-state index >= 15 is 0 Å². The normalized spacial score (nSPS) is 13.8. The second-order valence-corrected chi connectivity index (χ2v) is 9.90. The number of hydrogen-bond donors (Lipinski definition) is 1. The van der Waals surface area contributed by atoms with Gasteiger partial charge in [0.05, 0.1) is 0 Å². The average Bonchev–Trinajstić information content (AvgIpc) is 2.94. The maximum Gasteiger partial charge on any atom is 0.0382 e. The SMILES string of the molecule is C=C/C=C(\CC)Nc1ccc(-c2ccc(C(CC)(CCC)C(CC)(CC)c3ccccc3)cc2)cc1. The van der Waals surface area contributed by atoms with Crippen molar-refractivity contribution in [3.05, 3.63) is 114 Å². The topological polar surface area (TPSA) is 12.0 Å². The van der Waals surface area contributed by atoms with E-state index in [1.54, 1.807) is 0 Å². The van der Waals surface area contributed by atoms with E-state index in [0.29, 0.717) is 0 Å². The highest BCUT2D eigenvalue weighted by Gasteiger charge is 2.49. The predicted octanol–water partition coefficient (Wildman–Crippen LogP) is 10.5. The van der Waals surface area contributed by atoms with Gasteiger partial charge in [-0.2, -0.15) is 0 Å². The van der Waals surface area contributed by atoms with Gasteiger partial charge in [-0.25, -0.2) is 0 Å². The van der Waals surface area contributed by atoms with E-state index in [9.17, 15) is 0 Å². The molecule has 1 unspecified atom stereocenters. The van der Waals surface area contributed by atoms with Crippen molar-refractivity contribution < 1.29 is 0 Å². The summed E-state index contributed by atoms with van der Waals surface area (Å²) in [6.07, 6.45) is 10.6. The minimum absolute atomic E-state index is 0.104. The second kappa shape index (κ2) is 12.8. The third kappa shape index (κ3) is 5.36. The summed E-state index contributed by atoms with van der Waals surface area (Å²) in [6, 6.07) is 29.5. The predicted molar refractivity (Wildman–Crippen MR) is 160 cm³/mol. The van der Waals surface area contributed by atoms with Gasteiger partial charge in [-0.15, -0.1) is 0 Å². The quantitative estimate of drug-likeness (QED) is 0.240. The van der Waals surface area contributed by atoms with Crippen LogP contribution in [0.5, 0.6) is 0 Å². The maximum absolute atomic E-state index is 3.81. The van der Waals surface area contributed by atoms with E-state index in [2.05, 4.69) is 125 Å². The van der Waals surface area contributed by atoms with E-state index < -0.39 is 0 Å². The molecule has 1 heteroatoms. The molecular formula is C35H45N. The zero-order valence-electron chi connectivity index (χ0n) is 23.1. The molecule has 3 rings (SSSR count). The van der Waals surface area contributed by atoms with Gasteiger partial charge < -0.3 is 5.32 Å². The maximum atomic E-state index is 3.81. The Morgan fingerprint density at radius 1 is 0.694 bits per heavy atom. The van der Waals surface area contributed by atoms with Gasteiger partial charge in [-0.1, -0.05) is 120 Å². The molecule has 0 aliphatic carbocycles. The van der Waals surface area contributed by atoms with E-state index in [1.165, 1.54) is 40.8 Å². The molecule has 1 nitrogen and oxygen atoms in total. The van der Waals surface area contributed by atoms with Crippen molar-refractivity contribution in [2.75, 3.05) is 5.32 Å². The fourth-order valence-corrected chi connectivity index (χ4v) is 6.48. The molecule has 0 heterocycles. The molecule has 0 aliphatic heterocycles. The minimum Gasteiger partial charge on any atom is -0.359 e. The first kappa shape index (κ1) is 27.5. The molecule has 36 heavy (non-hydrogen) atoms. The molecule has 0 aromatic heterocycles. The average molecular weight is 480 g/mol. The van der Waals surface area contributed by atoms with Gasteiger partial charge in [0.15, 0.2) is 0 Å². The van der Waals surface area contributed by atoms with Crippen molar-refractivity contribution in [3.8, 4) is 11.1 Å². The van der Waals surface area contributed by atoms with Gasteiger partial charge in [0.2, 0.25) is 0 Å². The highest BCUT2D eigenvalue weighted by molar-refractivity contribution is 5.67. The summed E-state index contributed by atoms with van der Waals surface area (Å²) in [6.45, 7) is 15.5. The third-order valence-electron chi connectivity index (χ3n) is 8.39. The van der Waals surface area contributed by atoms with Crippen LogP contribution in [0.15, 0.2) is 103 Å². The Bertz CT molecular complexity index is 1100. The van der Waals surface area contributed by atoms with E-state index in [1.807, 2.05) is 12.2 Å². The lowest BCUT2D eigenvalue weighted by Gasteiger charge is -2.52. The van der Waals surface area contributed by atoms with Crippen molar-refractivity contribution in [2.24, 2.45) is 0 Å². The molecule has 1 atom stereocenters. The first-order valence-corrected chi connectivity index (χ1v) is 13.9. The van der Waals surface area contributed by atoms with Crippen LogP contribution in [0, 0.1) is 0 Å². The molecule has 0 saturated heterocycles. The Balaban J connectivity index is 1.99. The summed E-state index contributed by atoms with van der Waals surface area (Å²) >= 11 is 0. The molecule has 3 aromatic rings. The summed E-state index contributed by atoms with van der Waals surface area (Å²) in [7, 11) is 0. The van der Waals surface area contributed by atoms with Crippen molar-refractivity contribution in [3.63, 3.8) is 0 Å². The van der Waals surface area contributed by atoms with Crippen LogP contribution in [-0.2, 0) is 10.8 Å². The lowest BCUT2D eigenvalue weighted by molar-refractivity contribution is 0.169. The van der Waals surface area contributed by atoms with Gasteiger partial charge in [0.1, 0.15) is 0 Å². The fourth-order valence-electron chi connectivity index (χ4n) is 6.48. The highest BCUT2D eigenvalue weighted by Crippen LogP contribution is 2.54. The van der Waals surface area contributed by atoms with Gasteiger partial charge in [-0.3, -0.25) is 0 Å². The largest absolute Gasteiger partial charge is 0.359 e. The molecule has 3 aromatic carbocycles. The smallest absolute Gasteiger partial charge is 0.0382 e. The first-order valence-electron chi connectivity index (χ1n) is 13.9. The molecule has 0 saturated carbocycles. The first-order chi connectivity index (χ1) is 17.5. The third-order valence-corrected chi connectivity index (χ3v) is 8.39. The zero-order chi connectivity index (χ0) is 26.0. The van der Waals surface area contributed by atoms with Crippen LogP contribution in [0.2, 0.25) is 0 Å². The summed E-state index contributed by atoms with van der Waals surface area (Å²) < 4.78 is 0. The van der Waals surface area contributed by atoms with Gasteiger partial charge in [0.25, 0.3) is 0 Å². The molecule has 0 radical (unpaired) electrons. The minimum atomic E-state index is 0.104. The van der Waals surface area contributed by atoms with Gasteiger partial charge in [0, 0.05) is 22.2 Å². The summed E-state index contributed by atoms with van der Waals surface area (Å²) in [5, 5.41) is 3.49. The standard InChI is InChI=1S/C35H45N/c1-7-16-32(9-3)36-33-25-21-29(22-26-33)28-19-23-31(24-20-28)35(12-6,27-8-2)34(10-4,11-5)30-17-14-13-15-18-30/h7,13-26,36H,1,8-12,27H2,2-6H3/b32-16+. The highest BCUT2D eigenvalue weighted by atomic mass is 14.9. The summed E-state index contributed by atoms with van der Waals surface area (Å²) in [5.74, 6) is 0. The van der Waals surface area contributed by atoms with Crippen LogP contribution in [0.4, 0.5) is 5.69 Å². The Kier molecular flexibility index (Phi) is 9.76. The molecule has 0 amide bonds. The van der Waals surface area contributed by atoms with Crippen molar-refractivity contribution in [1.29, 1.82) is 0 Å². The van der Waals surface area contributed by atoms with Crippen molar-refractivity contribution in [1.82, 2.24) is 0 Å². The Labute approximate surface area is 220 Å². The number of rotatable bonds is 13.